The first-order valence-corrected chi connectivity index (χ1v) is 8.66. The quantitative estimate of drug-likeness (QED) is 0.560. The van der Waals surface area contributed by atoms with E-state index in [4.69, 9.17) is 5.26 Å². The van der Waals surface area contributed by atoms with Gasteiger partial charge in [0, 0.05) is 10.2 Å². The van der Waals surface area contributed by atoms with Gasteiger partial charge in [-0.15, -0.1) is 0 Å². The highest BCUT2D eigenvalue weighted by molar-refractivity contribution is 9.10. The van der Waals surface area contributed by atoms with Gasteiger partial charge in [-0.25, -0.2) is 0 Å². The Labute approximate surface area is 164 Å². The van der Waals surface area contributed by atoms with Crippen molar-refractivity contribution < 1.29 is 19.1 Å². The Bertz CT molecular complexity index is 908. The lowest BCUT2D eigenvalue weighted by molar-refractivity contribution is -0.142. The molecule has 0 bridgehead atoms. The van der Waals surface area contributed by atoms with Gasteiger partial charge in [0.2, 0.25) is 0 Å². The van der Waals surface area contributed by atoms with Gasteiger partial charge in [0.05, 0.1) is 31.2 Å². The van der Waals surface area contributed by atoms with Crippen LogP contribution in [0.2, 0.25) is 0 Å². The zero-order chi connectivity index (χ0) is 19.8. The third kappa shape index (κ3) is 5.94. The molecule has 2 N–H and O–H groups in total. The van der Waals surface area contributed by atoms with Crippen molar-refractivity contribution in [2.75, 3.05) is 12.4 Å². The number of nitrogens with one attached hydrogen (secondary N) is 2. The van der Waals surface area contributed by atoms with Crippen LogP contribution in [-0.4, -0.2) is 24.9 Å². The highest BCUT2D eigenvalue weighted by atomic mass is 79.9. The molecule has 7 nitrogen and oxygen atoms in total. The number of ether oxygens (including phenoxy) is 1. The molecule has 0 aliphatic heterocycles. The summed E-state index contributed by atoms with van der Waals surface area (Å²) in [6.07, 6.45) is -0.129. The van der Waals surface area contributed by atoms with Crippen LogP contribution in [0.4, 0.5) is 5.69 Å². The molecule has 0 radical (unpaired) electrons. The van der Waals surface area contributed by atoms with Gasteiger partial charge in [0.25, 0.3) is 0 Å². The number of halogens is 1. The van der Waals surface area contributed by atoms with Gasteiger partial charge in [0.15, 0.2) is 0 Å². The molecule has 138 valence electrons. The molecule has 0 aliphatic rings. The van der Waals surface area contributed by atoms with Crippen molar-refractivity contribution in [3.63, 3.8) is 0 Å². The van der Waals surface area contributed by atoms with Crippen LogP contribution in [0, 0.1) is 11.3 Å². The third-order valence-electron chi connectivity index (χ3n) is 3.61. The number of esters is 1. The highest BCUT2D eigenvalue weighted by Gasteiger charge is 2.23. The van der Waals surface area contributed by atoms with Gasteiger partial charge in [-0.2, -0.15) is 5.26 Å². The van der Waals surface area contributed by atoms with Crippen molar-refractivity contribution in [1.29, 1.82) is 5.26 Å². The van der Waals surface area contributed by atoms with Crippen molar-refractivity contribution in [1.82, 2.24) is 5.32 Å². The standard InChI is InChI=1S/C19H16BrN3O4/c1-27-17(24)10-16(13-5-3-6-14(20)9-13)23-19(26)18(25)22-15-7-2-4-12(8-15)11-21/h2-9,16H,10H2,1H3,(H,22,25)(H,23,26)/t16-/m1/s1. The number of benzene rings is 2. The molecule has 2 rings (SSSR count). The summed E-state index contributed by atoms with van der Waals surface area (Å²) in [4.78, 5) is 36.1. The predicted molar refractivity (Wildman–Crippen MR) is 101 cm³/mol. The topological polar surface area (TPSA) is 108 Å². The lowest BCUT2D eigenvalue weighted by Crippen LogP contribution is -2.38. The van der Waals surface area contributed by atoms with Crippen LogP contribution in [0.5, 0.6) is 0 Å². The number of carbonyl (C=O) groups excluding carboxylic acids is 3. The van der Waals surface area contributed by atoms with Gasteiger partial charge in [-0.1, -0.05) is 34.1 Å². The lowest BCUT2D eigenvalue weighted by atomic mass is 10.0. The van der Waals surface area contributed by atoms with E-state index in [9.17, 15) is 14.4 Å². The molecule has 0 fully saturated rings. The molecule has 2 aromatic rings. The van der Waals surface area contributed by atoms with Gasteiger partial charge in [0.1, 0.15) is 0 Å². The van der Waals surface area contributed by atoms with Gasteiger partial charge in [-0.3, -0.25) is 14.4 Å². The maximum atomic E-state index is 12.3. The molecule has 1 atom stereocenters. The molecule has 2 aromatic carbocycles. The number of hydrogen-bond donors (Lipinski definition) is 2. The molecule has 2 amide bonds. The van der Waals surface area contributed by atoms with E-state index in [0.29, 0.717) is 16.8 Å². The van der Waals surface area contributed by atoms with Crippen molar-refractivity contribution in [3.05, 3.63) is 64.1 Å². The summed E-state index contributed by atoms with van der Waals surface area (Å²) in [6, 6.07) is 14.4. The molecule has 0 aromatic heterocycles. The largest absolute Gasteiger partial charge is 0.469 e. The summed E-state index contributed by atoms with van der Waals surface area (Å²) in [6.45, 7) is 0. The summed E-state index contributed by atoms with van der Waals surface area (Å²) in [5, 5.41) is 13.9. The number of hydrogen-bond acceptors (Lipinski definition) is 5. The Morgan fingerprint density at radius 2 is 1.89 bits per heavy atom. The average Bonchev–Trinajstić information content (AvgIpc) is 2.67. The summed E-state index contributed by atoms with van der Waals surface area (Å²) in [7, 11) is 1.25. The first-order valence-electron chi connectivity index (χ1n) is 7.87. The van der Waals surface area contributed by atoms with E-state index in [1.807, 2.05) is 6.07 Å². The van der Waals surface area contributed by atoms with E-state index in [1.165, 1.54) is 13.2 Å². The lowest BCUT2D eigenvalue weighted by Gasteiger charge is -2.18. The zero-order valence-corrected chi connectivity index (χ0v) is 15.9. The first kappa shape index (κ1) is 20.1. The zero-order valence-electron chi connectivity index (χ0n) is 14.4. The second-order valence-corrected chi connectivity index (χ2v) is 6.42. The van der Waals surface area contributed by atoms with Crippen LogP contribution in [-0.2, 0) is 19.1 Å². The molecule has 0 saturated carbocycles. The molecule has 0 heterocycles. The Morgan fingerprint density at radius 1 is 1.15 bits per heavy atom. The van der Waals surface area contributed by atoms with E-state index in [1.54, 1.807) is 42.5 Å². The summed E-state index contributed by atoms with van der Waals surface area (Å²) >= 11 is 3.33. The average molecular weight is 430 g/mol. The minimum Gasteiger partial charge on any atom is -0.469 e. The van der Waals surface area contributed by atoms with Crippen LogP contribution in [0.1, 0.15) is 23.6 Å². The number of nitrogens with zero attached hydrogens (tertiary/aromatic N) is 1. The van der Waals surface area contributed by atoms with Crippen LogP contribution < -0.4 is 10.6 Å². The normalized spacial score (nSPS) is 11.0. The first-order chi connectivity index (χ1) is 12.9. The maximum Gasteiger partial charge on any atom is 0.313 e. The summed E-state index contributed by atoms with van der Waals surface area (Å²) in [5.41, 5.74) is 1.31. The van der Waals surface area contributed by atoms with Crippen LogP contribution >= 0.6 is 15.9 Å². The van der Waals surface area contributed by atoms with E-state index < -0.39 is 23.8 Å². The fraction of sp³-hybridized carbons (Fsp3) is 0.158. The maximum absolute atomic E-state index is 12.3. The summed E-state index contributed by atoms with van der Waals surface area (Å²) in [5.74, 6) is -2.34. The molecular formula is C19H16BrN3O4. The Morgan fingerprint density at radius 3 is 2.56 bits per heavy atom. The monoisotopic (exact) mass is 429 g/mol. The van der Waals surface area contributed by atoms with Crippen molar-refractivity contribution in [2.45, 2.75) is 12.5 Å². The molecule has 27 heavy (non-hydrogen) atoms. The Kier molecular flexibility index (Phi) is 7.08. The molecule has 0 aliphatic carbocycles. The molecule has 0 spiro atoms. The third-order valence-corrected chi connectivity index (χ3v) is 4.10. The van der Waals surface area contributed by atoms with Gasteiger partial charge in [-0.05, 0) is 35.9 Å². The number of methoxy groups -OCH3 is 1. The van der Waals surface area contributed by atoms with Crippen LogP contribution in [0.25, 0.3) is 0 Å². The highest BCUT2D eigenvalue weighted by Crippen LogP contribution is 2.21. The summed E-state index contributed by atoms with van der Waals surface area (Å²) < 4.78 is 5.43. The molecule has 8 heteroatoms. The van der Waals surface area contributed by atoms with Gasteiger partial charge >= 0.3 is 17.8 Å². The number of anilines is 1. The smallest absolute Gasteiger partial charge is 0.313 e. The van der Waals surface area contributed by atoms with Crippen LogP contribution in [0.3, 0.4) is 0 Å². The minimum atomic E-state index is -0.911. The number of amides is 2. The van der Waals surface area contributed by atoms with Crippen molar-refractivity contribution in [3.8, 4) is 6.07 Å². The SMILES string of the molecule is COC(=O)C[C@@H](NC(=O)C(=O)Nc1cccc(C#N)c1)c1cccc(Br)c1. The number of rotatable bonds is 5. The van der Waals surface area contributed by atoms with Crippen molar-refractivity contribution in [2.24, 2.45) is 0 Å². The van der Waals surface area contributed by atoms with Crippen molar-refractivity contribution >= 4 is 39.4 Å². The van der Waals surface area contributed by atoms with E-state index >= 15 is 0 Å². The van der Waals surface area contributed by atoms with E-state index in [2.05, 4.69) is 31.3 Å². The van der Waals surface area contributed by atoms with E-state index in [-0.39, 0.29) is 6.42 Å². The van der Waals surface area contributed by atoms with Crippen LogP contribution in [0.15, 0.2) is 53.0 Å². The fourth-order valence-electron chi connectivity index (χ4n) is 2.30. The Hall–Kier alpha value is -3.18. The fourth-order valence-corrected chi connectivity index (χ4v) is 2.72. The predicted octanol–water partition coefficient (Wildman–Crippen LogP) is 2.68. The minimum absolute atomic E-state index is 0.129. The van der Waals surface area contributed by atoms with Gasteiger partial charge < -0.3 is 15.4 Å². The number of nitriles is 1. The molecule has 0 unspecified atom stereocenters. The van der Waals surface area contributed by atoms with E-state index in [0.717, 1.165) is 4.47 Å². The second kappa shape index (κ2) is 9.50. The number of carbonyl (C=O) groups is 3. The Balaban J connectivity index is 2.13. The molecule has 0 saturated heterocycles. The molecular weight excluding hydrogens is 414 g/mol. The second-order valence-electron chi connectivity index (χ2n) is 5.51.